The number of aromatic hydroxyl groups is 1. The van der Waals surface area contributed by atoms with Crippen LogP contribution in [0.4, 0.5) is 0 Å². The van der Waals surface area contributed by atoms with Crippen LogP contribution in [0.25, 0.3) is 0 Å². The quantitative estimate of drug-likeness (QED) is 0.542. The van der Waals surface area contributed by atoms with Crippen LogP contribution in [0.3, 0.4) is 0 Å². The van der Waals surface area contributed by atoms with Crippen LogP contribution in [0, 0.1) is 6.92 Å². The minimum absolute atomic E-state index is 0. The molecule has 0 unspecified atom stereocenters. The van der Waals surface area contributed by atoms with Gasteiger partial charge >= 0.3 is 11.9 Å². The maximum absolute atomic E-state index is 10.5. The zero-order chi connectivity index (χ0) is 15.7. The molecule has 21 heavy (non-hydrogen) atoms. The summed E-state index contributed by atoms with van der Waals surface area (Å²) in [7, 11) is 0. The van der Waals surface area contributed by atoms with E-state index in [0.29, 0.717) is 24.9 Å². The van der Waals surface area contributed by atoms with Crippen LogP contribution in [0.2, 0.25) is 0 Å². The minimum atomic E-state index is -0.970. The third-order valence-electron chi connectivity index (χ3n) is 2.48. The lowest BCUT2D eigenvalue weighted by atomic mass is 10.1. The molecule has 0 aliphatic heterocycles. The lowest BCUT2D eigenvalue weighted by Gasteiger charge is -2.02. The van der Waals surface area contributed by atoms with E-state index in [2.05, 4.69) is 0 Å². The predicted molar refractivity (Wildman–Crippen MR) is 81.0 cm³/mol. The highest BCUT2D eigenvalue weighted by molar-refractivity contribution is 5.89. The van der Waals surface area contributed by atoms with Crippen molar-refractivity contribution in [1.82, 2.24) is 0 Å². The molecule has 0 spiro atoms. The first-order valence-electron chi connectivity index (χ1n) is 6.01. The number of benzene rings is 1. The molecule has 1 aromatic carbocycles. The number of carboxylic acids is 2. The van der Waals surface area contributed by atoms with Crippen molar-refractivity contribution in [2.45, 2.75) is 25.8 Å². The first-order valence-corrected chi connectivity index (χ1v) is 6.01. The number of aryl methyl sites for hydroxylation is 1. The van der Waals surface area contributed by atoms with Crippen LogP contribution in [-0.4, -0.2) is 39.8 Å². The standard InChI is InChI=1S/C8H8O3.C5H12N2O2.ClH/c1-5-4-6(9)2-3-7(5)8(10)11;6-3-1-2-4(7)5(8)9;/h2-4,9H,1H3,(H,10,11);4H,1-3,6-7H2,(H,8,9);1H/t;4-;/m.0./s1. The molecule has 0 heterocycles. The number of halogens is 1. The van der Waals surface area contributed by atoms with Gasteiger partial charge in [0.15, 0.2) is 0 Å². The van der Waals surface area contributed by atoms with Gasteiger partial charge in [-0.05, 0) is 50.1 Å². The zero-order valence-electron chi connectivity index (χ0n) is 11.7. The molecular weight excluding hydrogens is 300 g/mol. The molecule has 0 fully saturated rings. The molecule has 7 nitrogen and oxygen atoms in total. The van der Waals surface area contributed by atoms with Crippen LogP contribution in [0.15, 0.2) is 18.2 Å². The van der Waals surface area contributed by atoms with E-state index < -0.39 is 18.0 Å². The number of rotatable bonds is 5. The molecule has 1 aromatic rings. The Labute approximate surface area is 129 Å². The van der Waals surface area contributed by atoms with Crippen LogP contribution in [0.1, 0.15) is 28.8 Å². The second-order valence-corrected chi connectivity index (χ2v) is 4.18. The first-order chi connectivity index (χ1) is 9.29. The Kier molecular flexibility index (Phi) is 11.1. The maximum atomic E-state index is 10.5. The fourth-order valence-corrected chi connectivity index (χ4v) is 1.35. The van der Waals surface area contributed by atoms with E-state index in [1.54, 1.807) is 6.92 Å². The van der Waals surface area contributed by atoms with Gasteiger partial charge in [0.05, 0.1) is 5.56 Å². The number of nitrogens with two attached hydrogens (primary N) is 2. The smallest absolute Gasteiger partial charge is 0.335 e. The summed E-state index contributed by atoms with van der Waals surface area (Å²) in [5.41, 5.74) is 11.1. The Hall–Kier alpha value is -1.83. The Bertz CT molecular complexity index is 468. The van der Waals surface area contributed by atoms with Gasteiger partial charge in [-0.1, -0.05) is 0 Å². The van der Waals surface area contributed by atoms with Gasteiger partial charge in [0.1, 0.15) is 11.8 Å². The van der Waals surface area contributed by atoms with Crippen molar-refractivity contribution in [3.63, 3.8) is 0 Å². The van der Waals surface area contributed by atoms with Crippen molar-refractivity contribution in [2.75, 3.05) is 6.54 Å². The van der Waals surface area contributed by atoms with Gasteiger partial charge < -0.3 is 26.8 Å². The van der Waals surface area contributed by atoms with Crippen molar-refractivity contribution >= 4 is 24.3 Å². The highest BCUT2D eigenvalue weighted by Gasteiger charge is 2.08. The van der Waals surface area contributed by atoms with Crippen LogP contribution in [-0.2, 0) is 4.79 Å². The third-order valence-corrected chi connectivity index (χ3v) is 2.48. The number of hydrogen-bond acceptors (Lipinski definition) is 5. The average molecular weight is 321 g/mol. The second-order valence-electron chi connectivity index (χ2n) is 4.18. The number of carboxylic acid groups (broad SMARTS) is 2. The number of aliphatic carboxylic acids is 1. The van der Waals surface area contributed by atoms with Gasteiger partial charge in [-0.2, -0.15) is 0 Å². The van der Waals surface area contributed by atoms with Crippen LogP contribution >= 0.6 is 12.4 Å². The number of carbonyl (C=O) groups is 2. The van der Waals surface area contributed by atoms with Gasteiger partial charge in [-0.15, -0.1) is 12.4 Å². The van der Waals surface area contributed by atoms with Crippen LogP contribution in [0.5, 0.6) is 5.75 Å². The number of phenols is 1. The van der Waals surface area contributed by atoms with Crippen molar-refractivity contribution in [1.29, 1.82) is 0 Å². The molecule has 120 valence electrons. The zero-order valence-corrected chi connectivity index (χ0v) is 12.5. The predicted octanol–water partition coefficient (Wildman–Crippen LogP) is 0.958. The Morgan fingerprint density at radius 3 is 2.24 bits per heavy atom. The SMILES string of the molecule is Cc1cc(O)ccc1C(=O)O.Cl.NCCC[C@H](N)C(=O)O. The summed E-state index contributed by atoms with van der Waals surface area (Å²) in [6.07, 6.45) is 1.14. The Morgan fingerprint density at radius 2 is 1.86 bits per heavy atom. The summed E-state index contributed by atoms with van der Waals surface area (Å²) < 4.78 is 0. The summed E-state index contributed by atoms with van der Waals surface area (Å²) in [6.45, 7) is 2.14. The Morgan fingerprint density at radius 1 is 1.29 bits per heavy atom. The van der Waals surface area contributed by atoms with E-state index in [9.17, 15) is 9.59 Å². The summed E-state index contributed by atoms with van der Waals surface area (Å²) in [6, 6.07) is 3.42. The molecule has 0 aliphatic carbocycles. The van der Waals surface area contributed by atoms with Gasteiger partial charge in [0.2, 0.25) is 0 Å². The summed E-state index contributed by atoms with van der Waals surface area (Å²) in [5, 5.41) is 25.7. The van der Waals surface area contributed by atoms with Crippen molar-refractivity contribution < 1.29 is 24.9 Å². The molecule has 8 heteroatoms. The minimum Gasteiger partial charge on any atom is -0.508 e. The molecule has 0 amide bonds. The maximum Gasteiger partial charge on any atom is 0.335 e. The van der Waals surface area contributed by atoms with E-state index in [-0.39, 0.29) is 23.7 Å². The van der Waals surface area contributed by atoms with Gasteiger partial charge in [-0.3, -0.25) is 4.79 Å². The molecule has 0 aromatic heterocycles. The monoisotopic (exact) mass is 320 g/mol. The number of aromatic carboxylic acids is 1. The van der Waals surface area contributed by atoms with Gasteiger partial charge in [0, 0.05) is 0 Å². The lowest BCUT2D eigenvalue weighted by Crippen LogP contribution is -2.30. The highest BCUT2D eigenvalue weighted by Crippen LogP contribution is 2.15. The van der Waals surface area contributed by atoms with E-state index in [1.807, 2.05) is 0 Å². The molecule has 1 rings (SSSR count). The van der Waals surface area contributed by atoms with Gasteiger partial charge in [0.25, 0.3) is 0 Å². The number of phenolic OH excluding ortho intramolecular Hbond substituents is 1. The fraction of sp³-hybridized carbons (Fsp3) is 0.385. The molecular formula is C13H21ClN2O5. The molecule has 0 saturated carbocycles. The van der Waals surface area contributed by atoms with E-state index in [4.69, 9.17) is 26.8 Å². The third kappa shape index (κ3) is 8.85. The Balaban J connectivity index is 0. The van der Waals surface area contributed by atoms with Crippen molar-refractivity contribution in [3.05, 3.63) is 29.3 Å². The molecule has 7 N–H and O–H groups in total. The fourth-order valence-electron chi connectivity index (χ4n) is 1.35. The summed E-state index contributed by atoms with van der Waals surface area (Å²) in [5.74, 6) is -1.83. The molecule has 0 radical (unpaired) electrons. The van der Waals surface area contributed by atoms with E-state index in [0.717, 1.165) is 0 Å². The van der Waals surface area contributed by atoms with E-state index in [1.165, 1.54) is 18.2 Å². The van der Waals surface area contributed by atoms with Crippen LogP contribution < -0.4 is 11.5 Å². The lowest BCUT2D eigenvalue weighted by molar-refractivity contribution is -0.138. The largest absolute Gasteiger partial charge is 0.508 e. The van der Waals surface area contributed by atoms with Gasteiger partial charge in [-0.25, -0.2) is 4.79 Å². The number of hydrogen-bond donors (Lipinski definition) is 5. The first kappa shape index (κ1) is 21.5. The topological polar surface area (TPSA) is 147 Å². The summed E-state index contributed by atoms with van der Waals surface area (Å²) >= 11 is 0. The normalized spacial score (nSPS) is 10.6. The van der Waals surface area contributed by atoms with Crippen molar-refractivity contribution in [2.24, 2.45) is 11.5 Å². The molecule has 0 bridgehead atoms. The summed E-state index contributed by atoms with van der Waals surface area (Å²) in [4.78, 5) is 20.5. The molecule has 1 atom stereocenters. The molecule has 0 saturated heterocycles. The molecule has 0 aliphatic rings. The second kappa shape index (κ2) is 10.9. The van der Waals surface area contributed by atoms with Crippen molar-refractivity contribution in [3.8, 4) is 5.75 Å². The average Bonchev–Trinajstić information content (AvgIpc) is 2.35. The van der Waals surface area contributed by atoms with E-state index >= 15 is 0 Å². The highest BCUT2D eigenvalue weighted by atomic mass is 35.5.